The van der Waals surface area contributed by atoms with Gasteiger partial charge in [0.25, 0.3) is 0 Å². The maximum Gasteiger partial charge on any atom is 0.223 e. The minimum atomic E-state index is -0.474. The molecule has 4 bridgehead atoms. The molecule has 2 N–H and O–H groups in total. The molecule has 5 aliphatic carbocycles. The topological polar surface area (TPSA) is 60.8 Å². The van der Waals surface area contributed by atoms with Gasteiger partial charge in [-0.25, -0.2) is 0 Å². The second-order valence-corrected chi connectivity index (χ2v) is 10.1. The molecule has 0 spiro atoms. The van der Waals surface area contributed by atoms with Crippen molar-refractivity contribution in [3.8, 4) is 0 Å². The monoisotopic (exact) mass is 333 g/mol. The Morgan fingerprint density at radius 1 is 1.08 bits per heavy atom. The summed E-state index contributed by atoms with van der Waals surface area (Å²) in [6.45, 7) is 1.61. The van der Waals surface area contributed by atoms with Gasteiger partial charge in [-0.15, -0.1) is 0 Å². The first-order chi connectivity index (χ1) is 11.4. The molecule has 0 radical (unpaired) electrons. The van der Waals surface area contributed by atoms with Crippen LogP contribution >= 0.6 is 0 Å². The van der Waals surface area contributed by atoms with E-state index in [0.29, 0.717) is 18.3 Å². The zero-order chi connectivity index (χ0) is 16.6. The van der Waals surface area contributed by atoms with Gasteiger partial charge in [0, 0.05) is 25.4 Å². The maximum absolute atomic E-state index is 13.0. The Morgan fingerprint density at radius 3 is 2.42 bits per heavy atom. The Bertz CT molecular complexity index is 541. The first kappa shape index (κ1) is 15.6. The lowest BCUT2D eigenvalue weighted by atomic mass is 9.47. The quantitative estimate of drug-likeness (QED) is 0.834. The Morgan fingerprint density at radius 2 is 1.79 bits per heavy atom. The molecule has 0 aromatic carbocycles. The molecule has 1 aliphatic heterocycles. The van der Waals surface area contributed by atoms with Crippen molar-refractivity contribution in [1.82, 2.24) is 4.90 Å². The lowest BCUT2D eigenvalue weighted by Crippen LogP contribution is -2.57. The normalized spacial score (nSPS) is 48.6. The van der Waals surface area contributed by atoms with Gasteiger partial charge in [-0.1, -0.05) is 0 Å². The van der Waals surface area contributed by atoms with E-state index in [1.165, 1.54) is 6.42 Å². The lowest BCUT2D eigenvalue weighted by Gasteiger charge is -2.60. The van der Waals surface area contributed by atoms with Gasteiger partial charge < -0.3 is 15.1 Å². The summed E-state index contributed by atoms with van der Waals surface area (Å²) in [5.41, 5.74) is -0.869. The fraction of sp³-hybridized carbons (Fsp3) is 0.950. The first-order valence-corrected chi connectivity index (χ1v) is 10.1. The van der Waals surface area contributed by atoms with Gasteiger partial charge in [0.05, 0.1) is 11.2 Å². The molecule has 1 amide bonds. The lowest BCUT2D eigenvalue weighted by molar-refractivity contribution is -0.172. The van der Waals surface area contributed by atoms with E-state index in [4.69, 9.17) is 0 Å². The number of hydrogen-bond donors (Lipinski definition) is 2. The highest BCUT2D eigenvalue weighted by Crippen LogP contribution is 2.63. The third-order valence-corrected chi connectivity index (χ3v) is 7.97. The molecule has 0 aromatic rings. The predicted octanol–water partition coefficient (Wildman–Crippen LogP) is 2.47. The van der Waals surface area contributed by atoms with E-state index in [1.807, 2.05) is 4.90 Å². The molecule has 24 heavy (non-hydrogen) atoms. The molecule has 1 heterocycles. The number of carbonyl (C=O) groups excluding carboxylic acids is 1. The molecule has 4 heteroatoms. The second-order valence-electron chi connectivity index (χ2n) is 10.1. The highest BCUT2D eigenvalue weighted by atomic mass is 16.3. The summed E-state index contributed by atoms with van der Waals surface area (Å²) in [5, 5.41) is 21.3. The zero-order valence-corrected chi connectivity index (χ0v) is 14.7. The molecular weight excluding hydrogens is 302 g/mol. The van der Waals surface area contributed by atoms with Crippen molar-refractivity contribution >= 4 is 5.91 Å². The molecule has 6 rings (SSSR count). The van der Waals surface area contributed by atoms with E-state index < -0.39 is 11.2 Å². The van der Waals surface area contributed by atoms with Gasteiger partial charge >= 0.3 is 0 Å². The minimum Gasteiger partial charge on any atom is -0.390 e. The van der Waals surface area contributed by atoms with Crippen LogP contribution in [0.2, 0.25) is 0 Å². The van der Waals surface area contributed by atoms with E-state index in [-0.39, 0.29) is 17.2 Å². The van der Waals surface area contributed by atoms with E-state index in [1.54, 1.807) is 0 Å². The van der Waals surface area contributed by atoms with Crippen LogP contribution in [0.4, 0.5) is 0 Å². The maximum atomic E-state index is 13.0. The molecule has 6 fully saturated rings. The highest BCUT2D eigenvalue weighted by molar-refractivity contribution is 5.77. The number of carbonyl (C=O) groups is 1. The Balaban J connectivity index is 1.28. The Labute approximate surface area is 144 Å². The van der Waals surface area contributed by atoms with Crippen LogP contribution in [0.15, 0.2) is 0 Å². The van der Waals surface area contributed by atoms with Crippen molar-refractivity contribution in [2.75, 3.05) is 13.1 Å². The summed E-state index contributed by atoms with van der Waals surface area (Å²) in [7, 11) is 0. The SMILES string of the molecule is O=C(CC12CC3CC(CC(O)(C3)C1)C2)N1CCCC(C2(O)CC2)C1. The van der Waals surface area contributed by atoms with Crippen molar-refractivity contribution in [2.45, 2.75) is 81.8 Å². The van der Waals surface area contributed by atoms with Crippen molar-refractivity contribution in [3.05, 3.63) is 0 Å². The van der Waals surface area contributed by atoms with Crippen molar-refractivity contribution in [2.24, 2.45) is 23.2 Å². The van der Waals surface area contributed by atoms with E-state index in [0.717, 1.165) is 70.9 Å². The molecule has 6 aliphatic rings. The second kappa shape index (κ2) is 4.97. The number of likely N-dealkylation sites (tertiary alicyclic amines) is 1. The smallest absolute Gasteiger partial charge is 0.223 e. The number of rotatable bonds is 3. The van der Waals surface area contributed by atoms with Crippen LogP contribution in [0.25, 0.3) is 0 Å². The fourth-order valence-electron chi connectivity index (χ4n) is 7.22. The van der Waals surface area contributed by atoms with Gasteiger partial charge in [0.15, 0.2) is 0 Å². The average molecular weight is 333 g/mol. The Kier molecular flexibility index (Phi) is 3.24. The molecule has 5 saturated carbocycles. The van der Waals surface area contributed by atoms with Crippen LogP contribution in [0.5, 0.6) is 0 Å². The van der Waals surface area contributed by atoms with Gasteiger partial charge in [-0.3, -0.25) is 4.79 Å². The third kappa shape index (κ3) is 2.52. The van der Waals surface area contributed by atoms with Gasteiger partial charge in [-0.05, 0) is 81.5 Å². The minimum absolute atomic E-state index is 0.0688. The van der Waals surface area contributed by atoms with Crippen LogP contribution < -0.4 is 0 Å². The highest BCUT2D eigenvalue weighted by Gasteiger charge is 2.58. The van der Waals surface area contributed by atoms with Crippen LogP contribution in [0.1, 0.15) is 70.6 Å². The molecule has 134 valence electrons. The number of hydrogen-bond acceptors (Lipinski definition) is 3. The molecule has 1 saturated heterocycles. The van der Waals surface area contributed by atoms with E-state index >= 15 is 0 Å². The van der Waals surface area contributed by atoms with Crippen LogP contribution in [0, 0.1) is 23.2 Å². The predicted molar refractivity (Wildman–Crippen MR) is 90.2 cm³/mol. The summed E-state index contributed by atoms with van der Waals surface area (Å²) < 4.78 is 0. The summed E-state index contributed by atoms with van der Waals surface area (Å²) in [6.07, 6.45) is 10.9. The van der Waals surface area contributed by atoms with Crippen molar-refractivity contribution in [1.29, 1.82) is 0 Å². The largest absolute Gasteiger partial charge is 0.390 e. The first-order valence-electron chi connectivity index (χ1n) is 10.1. The summed E-state index contributed by atoms with van der Waals surface area (Å²) >= 11 is 0. The molecule has 3 unspecified atom stereocenters. The average Bonchev–Trinajstić information content (AvgIpc) is 3.23. The standard InChI is InChI=1S/C20H31NO3/c22-17(21-5-1-2-16(12-21)20(24)3-4-20)11-18-7-14-6-15(8-18)10-19(23,9-14)13-18/h14-16,23-24H,1-13H2. The molecule has 0 aromatic heterocycles. The summed E-state index contributed by atoms with van der Waals surface area (Å²) in [5.74, 6) is 1.86. The summed E-state index contributed by atoms with van der Waals surface area (Å²) in [6, 6.07) is 0. The van der Waals surface area contributed by atoms with Crippen LogP contribution in [-0.4, -0.2) is 45.3 Å². The summed E-state index contributed by atoms with van der Waals surface area (Å²) in [4.78, 5) is 15.1. The van der Waals surface area contributed by atoms with Gasteiger partial charge in [0.2, 0.25) is 5.91 Å². The van der Waals surface area contributed by atoms with E-state index in [9.17, 15) is 15.0 Å². The third-order valence-electron chi connectivity index (χ3n) is 7.97. The zero-order valence-electron chi connectivity index (χ0n) is 14.7. The van der Waals surface area contributed by atoms with Crippen LogP contribution in [0.3, 0.4) is 0 Å². The van der Waals surface area contributed by atoms with Gasteiger partial charge in [-0.2, -0.15) is 0 Å². The number of aliphatic hydroxyl groups is 2. The number of nitrogens with zero attached hydrogens (tertiary/aromatic N) is 1. The molecule has 3 atom stereocenters. The fourth-order valence-corrected chi connectivity index (χ4v) is 7.22. The van der Waals surface area contributed by atoms with Crippen molar-refractivity contribution < 1.29 is 15.0 Å². The van der Waals surface area contributed by atoms with Crippen LogP contribution in [-0.2, 0) is 4.79 Å². The van der Waals surface area contributed by atoms with Gasteiger partial charge in [0.1, 0.15) is 0 Å². The molecular formula is C20H31NO3. The Hall–Kier alpha value is -0.610. The number of amides is 1. The van der Waals surface area contributed by atoms with Crippen molar-refractivity contribution in [3.63, 3.8) is 0 Å². The van der Waals surface area contributed by atoms with E-state index in [2.05, 4.69) is 0 Å². The molecule has 4 nitrogen and oxygen atoms in total. The number of piperidine rings is 1.